The van der Waals surface area contributed by atoms with Crippen LogP contribution in [-0.2, 0) is 5.41 Å². The molecule has 21 heavy (non-hydrogen) atoms. The van der Waals surface area contributed by atoms with Crippen LogP contribution in [0, 0.1) is 0 Å². The molecule has 0 saturated carbocycles. The highest BCUT2D eigenvalue weighted by atomic mass is 32.1. The van der Waals surface area contributed by atoms with Gasteiger partial charge in [-0.1, -0.05) is 27.2 Å². The van der Waals surface area contributed by atoms with Gasteiger partial charge in [0.25, 0.3) is 0 Å². The van der Waals surface area contributed by atoms with Gasteiger partial charge >= 0.3 is 0 Å². The molecular weight excluding hydrogens is 280 g/mol. The van der Waals surface area contributed by atoms with E-state index in [0.717, 1.165) is 30.1 Å². The van der Waals surface area contributed by atoms with Crippen molar-refractivity contribution in [1.29, 1.82) is 0 Å². The van der Waals surface area contributed by atoms with Gasteiger partial charge in [0.05, 0.1) is 0 Å². The molecule has 0 bridgehead atoms. The second kappa shape index (κ2) is 6.21. The zero-order chi connectivity index (χ0) is 14.9. The fourth-order valence-electron chi connectivity index (χ4n) is 3.35. The normalized spacial score (nSPS) is 25.3. The minimum Gasteiger partial charge on any atom is -0.345 e. The number of hydrogen-bond donors (Lipinski definition) is 0. The summed E-state index contributed by atoms with van der Waals surface area (Å²) in [4.78, 5) is 10.0. The summed E-state index contributed by atoms with van der Waals surface area (Å²) in [5.41, 5.74) is 0.0505. The lowest BCUT2D eigenvalue weighted by Gasteiger charge is -2.30. The van der Waals surface area contributed by atoms with Crippen molar-refractivity contribution in [2.45, 2.75) is 64.3 Å². The van der Waals surface area contributed by atoms with Crippen LogP contribution in [0.1, 0.15) is 58.7 Å². The maximum atomic E-state index is 4.82. The number of aromatic nitrogens is 2. The molecule has 0 aliphatic carbocycles. The fraction of sp³-hybridized carbons (Fsp3) is 0.875. The Morgan fingerprint density at radius 2 is 1.76 bits per heavy atom. The second-order valence-corrected chi connectivity index (χ2v) is 8.22. The molecule has 118 valence electrons. The van der Waals surface area contributed by atoms with E-state index in [1.165, 1.54) is 45.2 Å². The van der Waals surface area contributed by atoms with E-state index in [1.54, 1.807) is 11.5 Å². The van der Waals surface area contributed by atoms with Gasteiger partial charge in [-0.15, -0.1) is 0 Å². The van der Waals surface area contributed by atoms with E-state index in [0.29, 0.717) is 0 Å². The lowest BCUT2D eigenvalue weighted by molar-refractivity contribution is 0.236. The number of anilines is 1. The third-order valence-electron chi connectivity index (χ3n) is 4.66. The van der Waals surface area contributed by atoms with E-state index in [2.05, 4.69) is 34.9 Å². The number of hydrogen-bond acceptors (Lipinski definition) is 5. The zero-order valence-corrected chi connectivity index (χ0v) is 14.5. The summed E-state index contributed by atoms with van der Waals surface area (Å²) in [6.45, 7) is 11.4. The largest absolute Gasteiger partial charge is 0.345 e. The molecule has 0 radical (unpaired) electrons. The van der Waals surface area contributed by atoms with E-state index in [9.17, 15) is 0 Å². The average Bonchev–Trinajstić information content (AvgIpc) is 3.06. The van der Waals surface area contributed by atoms with Gasteiger partial charge in [-0.05, 0) is 38.8 Å². The molecule has 1 aromatic heterocycles. The molecule has 1 unspecified atom stereocenters. The minimum atomic E-state index is 0.0505. The summed E-state index contributed by atoms with van der Waals surface area (Å²) < 4.78 is 4.59. The number of rotatable bonds is 2. The van der Waals surface area contributed by atoms with Crippen molar-refractivity contribution < 1.29 is 0 Å². The zero-order valence-electron chi connectivity index (χ0n) is 13.6. The molecule has 2 saturated heterocycles. The van der Waals surface area contributed by atoms with Crippen molar-refractivity contribution in [3.63, 3.8) is 0 Å². The van der Waals surface area contributed by atoms with Crippen LogP contribution in [0.25, 0.3) is 0 Å². The van der Waals surface area contributed by atoms with Crippen LogP contribution >= 0.6 is 11.5 Å². The predicted molar refractivity (Wildman–Crippen MR) is 89.3 cm³/mol. The van der Waals surface area contributed by atoms with Crippen molar-refractivity contribution in [2.24, 2.45) is 0 Å². The molecule has 2 aliphatic rings. The molecule has 0 amide bonds. The Morgan fingerprint density at radius 3 is 2.43 bits per heavy atom. The van der Waals surface area contributed by atoms with E-state index in [-0.39, 0.29) is 5.41 Å². The molecule has 3 heterocycles. The average molecular weight is 308 g/mol. The first kappa shape index (κ1) is 15.2. The highest BCUT2D eigenvalue weighted by Crippen LogP contribution is 2.28. The van der Waals surface area contributed by atoms with Gasteiger partial charge in [-0.25, -0.2) is 4.98 Å². The Kier molecular flexibility index (Phi) is 4.50. The van der Waals surface area contributed by atoms with Crippen molar-refractivity contribution in [1.82, 2.24) is 14.3 Å². The molecule has 4 nitrogen and oxygen atoms in total. The molecule has 2 aliphatic heterocycles. The number of likely N-dealkylation sites (tertiary alicyclic amines) is 1. The molecular formula is C16H28N4S. The molecule has 2 fully saturated rings. The van der Waals surface area contributed by atoms with Crippen molar-refractivity contribution >= 4 is 16.7 Å². The van der Waals surface area contributed by atoms with Crippen LogP contribution in [0.3, 0.4) is 0 Å². The quantitative estimate of drug-likeness (QED) is 0.839. The SMILES string of the molecule is CC(C)(C)c1nsc(N2CCCCC(N3CCCC3)C2)n1. The lowest BCUT2D eigenvalue weighted by atomic mass is 9.96. The van der Waals surface area contributed by atoms with Gasteiger partial charge in [-0.2, -0.15) is 4.37 Å². The summed E-state index contributed by atoms with van der Waals surface area (Å²) in [5, 5.41) is 1.13. The minimum absolute atomic E-state index is 0.0505. The monoisotopic (exact) mass is 308 g/mol. The molecule has 0 aromatic carbocycles. The molecule has 1 atom stereocenters. The summed E-state index contributed by atoms with van der Waals surface area (Å²) in [6, 6.07) is 0.719. The Morgan fingerprint density at radius 1 is 1.05 bits per heavy atom. The maximum Gasteiger partial charge on any atom is 0.205 e. The fourth-order valence-corrected chi connectivity index (χ4v) is 4.24. The van der Waals surface area contributed by atoms with E-state index in [4.69, 9.17) is 4.98 Å². The summed E-state index contributed by atoms with van der Waals surface area (Å²) in [6.07, 6.45) is 6.74. The first-order valence-corrected chi connectivity index (χ1v) is 9.14. The van der Waals surface area contributed by atoms with Gasteiger partial charge in [0, 0.05) is 36.1 Å². The topological polar surface area (TPSA) is 32.3 Å². The first-order valence-electron chi connectivity index (χ1n) is 8.37. The van der Waals surface area contributed by atoms with Crippen LogP contribution in [0.4, 0.5) is 5.13 Å². The van der Waals surface area contributed by atoms with Gasteiger partial charge in [-0.3, -0.25) is 4.90 Å². The number of nitrogens with zero attached hydrogens (tertiary/aromatic N) is 4. The molecule has 1 aromatic rings. The third-order valence-corrected chi connectivity index (χ3v) is 5.44. The molecule has 5 heteroatoms. The Bertz CT molecular complexity index is 459. The van der Waals surface area contributed by atoms with Gasteiger partial charge < -0.3 is 4.90 Å². The third kappa shape index (κ3) is 3.57. The van der Waals surface area contributed by atoms with Crippen LogP contribution in [0.2, 0.25) is 0 Å². The van der Waals surface area contributed by atoms with Crippen molar-refractivity contribution in [3.8, 4) is 0 Å². The van der Waals surface area contributed by atoms with Crippen molar-refractivity contribution in [3.05, 3.63) is 5.82 Å². The van der Waals surface area contributed by atoms with E-state index in [1.807, 2.05) is 0 Å². The standard InChI is InChI=1S/C16H28N4S/c1-16(2,3)14-17-15(21-18-14)20-11-5-4-8-13(12-20)19-9-6-7-10-19/h13H,4-12H2,1-3H3. The van der Waals surface area contributed by atoms with Gasteiger partial charge in [0.1, 0.15) is 5.82 Å². The lowest BCUT2D eigenvalue weighted by Crippen LogP contribution is -2.41. The second-order valence-electron chi connectivity index (χ2n) is 7.49. The van der Waals surface area contributed by atoms with Crippen molar-refractivity contribution in [2.75, 3.05) is 31.1 Å². The van der Waals surface area contributed by atoms with Gasteiger partial charge in [0.15, 0.2) is 0 Å². The van der Waals surface area contributed by atoms with Crippen LogP contribution in [0.5, 0.6) is 0 Å². The van der Waals surface area contributed by atoms with E-state index >= 15 is 0 Å². The van der Waals surface area contributed by atoms with Crippen LogP contribution in [-0.4, -0.2) is 46.5 Å². The molecule has 0 N–H and O–H groups in total. The Balaban J connectivity index is 1.72. The molecule has 0 spiro atoms. The van der Waals surface area contributed by atoms with Crippen LogP contribution in [0.15, 0.2) is 0 Å². The van der Waals surface area contributed by atoms with Crippen LogP contribution < -0.4 is 4.90 Å². The highest BCUT2D eigenvalue weighted by Gasteiger charge is 2.28. The Labute approximate surface area is 132 Å². The Hall–Kier alpha value is -0.680. The first-order chi connectivity index (χ1) is 10.0. The summed E-state index contributed by atoms with van der Waals surface area (Å²) in [5.74, 6) is 0.990. The predicted octanol–water partition coefficient (Wildman–Crippen LogP) is 3.29. The van der Waals surface area contributed by atoms with E-state index < -0.39 is 0 Å². The summed E-state index contributed by atoms with van der Waals surface area (Å²) in [7, 11) is 0. The maximum absolute atomic E-state index is 4.82. The highest BCUT2D eigenvalue weighted by molar-refractivity contribution is 7.09. The summed E-state index contributed by atoms with van der Waals surface area (Å²) >= 11 is 1.58. The van der Waals surface area contributed by atoms with Gasteiger partial charge in [0.2, 0.25) is 5.13 Å². The molecule has 3 rings (SSSR count). The smallest absolute Gasteiger partial charge is 0.205 e.